The summed E-state index contributed by atoms with van der Waals surface area (Å²) in [5.74, 6) is -0.0444. The van der Waals surface area contributed by atoms with Crippen molar-refractivity contribution < 1.29 is 9.90 Å². The summed E-state index contributed by atoms with van der Waals surface area (Å²) < 4.78 is 0. The number of nitrogens with zero attached hydrogens (tertiary/aromatic N) is 3. The lowest BCUT2D eigenvalue weighted by atomic mass is 10.1. The molecule has 5 heteroatoms. The molecule has 1 aliphatic rings. The van der Waals surface area contributed by atoms with Gasteiger partial charge in [0.15, 0.2) is 0 Å². The Labute approximate surface area is 123 Å². The molecular weight excluding hydrogens is 266 g/mol. The van der Waals surface area contributed by atoms with E-state index in [0.29, 0.717) is 18.7 Å². The highest BCUT2D eigenvalue weighted by molar-refractivity contribution is 6.06. The predicted octanol–water partition coefficient (Wildman–Crippen LogP) is 0.982. The average Bonchev–Trinajstić information content (AvgIpc) is 2.88. The smallest absolute Gasteiger partial charge is 0.254 e. The molecule has 2 heterocycles. The zero-order valence-corrected chi connectivity index (χ0v) is 12.2. The fourth-order valence-electron chi connectivity index (χ4n) is 2.90. The van der Waals surface area contributed by atoms with Crippen molar-refractivity contribution in [1.29, 1.82) is 0 Å². The van der Waals surface area contributed by atoms with E-state index in [1.807, 2.05) is 49.3 Å². The van der Waals surface area contributed by atoms with Crippen LogP contribution in [0.3, 0.4) is 0 Å². The second kappa shape index (κ2) is 5.42. The van der Waals surface area contributed by atoms with Gasteiger partial charge in [0, 0.05) is 30.2 Å². The molecule has 5 nitrogen and oxygen atoms in total. The first-order valence-electron chi connectivity index (χ1n) is 7.05. The maximum atomic E-state index is 12.7. The normalized spacial score (nSPS) is 22.2. The summed E-state index contributed by atoms with van der Waals surface area (Å²) in [5.41, 5.74) is 1.46. The highest BCUT2D eigenvalue weighted by Gasteiger charge is 2.35. The number of fused-ring (bicyclic) bond motifs is 1. The monoisotopic (exact) mass is 285 g/mol. The van der Waals surface area contributed by atoms with Crippen LogP contribution in [-0.4, -0.2) is 65.1 Å². The second-order valence-electron chi connectivity index (χ2n) is 5.68. The number of benzene rings is 1. The van der Waals surface area contributed by atoms with Crippen molar-refractivity contribution in [1.82, 2.24) is 14.8 Å². The summed E-state index contributed by atoms with van der Waals surface area (Å²) in [7, 11) is 3.84. The van der Waals surface area contributed by atoms with E-state index < -0.39 is 6.10 Å². The third-order valence-corrected chi connectivity index (χ3v) is 4.09. The van der Waals surface area contributed by atoms with Crippen LogP contribution in [0.15, 0.2) is 36.5 Å². The Balaban J connectivity index is 1.92. The number of pyridine rings is 1. The third kappa shape index (κ3) is 2.50. The number of carbonyl (C=O) groups is 1. The minimum absolute atomic E-state index is 0.0120. The molecule has 0 bridgehead atoms. The number of β-amino-alcohol motifs (C(OH)–C–C–N with tert-alkyl or cyclic N) is 1. The Morgan fingerprint density at radius 2 is 2.10 bits per heavy atom. The van der Waals surface area contributed by atoms with Crippen LogP contribution in [0.1, 0.15) is 10.4 Å². The fraction of sp³-hybridized carbons (Fsp3) is 0.375. The van der Waals surface area contributed by atoms with Crippen molar-refractivity contribution >= 4 is 16.8 Å². The Morgan fingerprint density at radius 3 is 2.81 bits per heavy atom. The van der Waals surface area contributed by atoms with Crippen LogP contribution in [0.5, 0.6) is 0 Å². The van der Waals surface area contributed by atoms with Gasteiger partial charge in [-0.25, -0.2) is 0 Å². The molecule has 2 atom stereocenters. The van der Waals surface area contributed by atoms with Crippen molar-refractivity contribution in [3.8, 4) is 0 Å². The van der Waals surface area contributed by atoms with Crippen LogP contribution in [0.4, 0.5) is 0 Å². The van der Waals surface area contributed by atoms with E-state index in [-0.39, 0.29) is 11.9 Å². The summed E-state index contributed by atoms with van der Waals surface area (Å²) in [6.07, 6.45) is 1.22. The maximum absolute atomic E-state index is 12.7. The molecule has 2 aromatic rings. The molecule has 0 spiro atoms. The molecule has 0 saturated carbocycles. The van der Waals surface area contributed by atoms with Crippen LogP contribution >= 0.6 is 0 Å². The largest absolute Gasteiger partial charge is 0.390 e. The van der Waals surface area contributed by atoms with Crippen LogP contribution in [-0.2, 0) is 0 Å². The first kappa shape index (κ1) is 14.0. The SMILES string of the molecule is CN(C)[C@@H]1CN(C(=O)c2cccc3ncccc23)C[C@H]1O. The van der Waals surface area contributed by atoms with Crippen LogP contribution in [0.2, 0.25) is 0 Å². The number of hydrogen-bond acceptors (Lipinski definition) is 4. The summed E-state index contributed by atoms with van der Waals surface area (Å²) in [6.45, 7) is 0.919. The lowest BCUT2D eigenvalue weighted by Gasteiger charge is -2.21. The first-order chi connectivity index (χ1) is 10.1. The molecule has 1 aliphatic heterocycles. The van der Waals surface area contributed by atoms with Gasteiger partial charge in [-0.2, -0.15) is 0 Å². The van der Waals surface area contributed by atoms with Crippen molar-refractivity contribution in [2.75, 3.05) is 27.2 Å². The van der Waals surface area contributed by atoms with Crippen molar-refractivity contribution in [3.63, 3.8) is 0 Å². The molecule has 1 saturated heterocycles. The number of aliphatic hydroxyl groups excluding tert-OH is 1. The molecular formula is C16H19N3O2. The number of aliphatic hydroxyl groups is 1. The molecule has 1 fully saturated rings. The van der Waals surface area contributed by atoms with E-state index >= 15 is 0 Å². The Bertz CT molecular complexity index is 666. The summed E-state index contributed by atoms with van der Waals surface area (Å²) >= 11 is 0. The quantitative estimate of drug-likeness (QED) is 0.894. The minimum atomic E-state index is -0.503. The van der Waals surface area contributed by atoms with Crippen molar-refractivity contribution in [2.45, 2.75) is 12.1 Å². The number of likely N-dealkylation sites (N-methyl/N-ethyl adjacent to an activating group) is 1. The van der Waals surface area contributed by atoms with E-state index in [1.54, 1.807) is 11.1 Å². The van der Waals surface area contributed by atoms with Crippen LogP contribution in [0, 0.1) is 0 Å². The first-order valence-corrected chi connectivity index (χ1v) is 7.05. The highest BCUT2D eigenvalue weighted by Crippen LogP contribution is 2.22. The van der Waals surface area contributed by atoms with Gasteiger partial charge < -0.3 is 14.9 Å². The third-order valence-electron chi connectivity index (χ3n) is 4.09. The Morgan fingerprint density at radius 1 is 1.29 bits per heavy atom. The van der Waals surface area contributed by atoms with Gasteiger partial charge in [-0.3, -0.25) is 9.78 Å². The van der Waals surface area contributed by atoms with Gasteiger partial charge in [-0.15, -0.1) is 0 Å². The molecule has 0 unspecified atom stereocenters. The lowest BCUT2D eigenvalue weighted by Crippen LogP contribution is -2.38. The van der Waals surface area contributed by atoms with Crippen molar-refractivity contribution in [2.24, 2.45) is 0 Å². The average molecular weight is 285 g/mol. The standard InChI is InChI=1S/C16H19N3O2/c1-18(2)14-9-19(10-15(14)20)16(21)12-5-3-7-13-11(12)6-4-8-17-13/h3-8,14-15,20H,9-10H2,1-2H3/t14-,15-/m1/s1. The highest BCUT2D eigenvalue weighted by atomic mass is 16.3. The van der Waals surface area contributed by atoms with Crippen LogP contribution in [0.25, 0.3) is 10.9 Å². The number of rotatable bonds is 2. The molecule has 3 rings (SSSR count). The molecule has 21 heavy (non-hydrogen) atoms. The van der Waals surface area contributed by atoms with E-state index in [9.17, 15) is 9.90 Å². The molecule has 1 aromatic carbocycles. The van der Waals surface area contributed by atoms with E-state index in [0.717, 1.165) is 10.9 Å². The van der Waals surface area contributed by atoms with Crippen LogP contribution < -0.4 is 0 Å². The maximum Gasteiger partial charge on any atom is 0.254 e. The zero-order valence-electron chi connectivity index (χ0n) is 12.2. The number of hydrogen-bond donors (Lipinski definition) is 1. The van der Waals surface area contributed by atoms with E-state index in [1.165, 1.54) is 0 Å². The number of amides is 1. The van der Waals surface area contributed by atoms with E-state index in [2.05, 4.69) is 4.98 Å². The van der Waals surface area contributed by atoms with Gasteiger partial charge in [-0.1, -0.05) is 12.1 Å². The molecule has 0 aliphatic carbocycles. The molecule has 0 radical (unpaired) electrons. The molecule has 1 amide bonds. The minimum Gasteiger partial charge on any atom is -0.390 e. The molecule has 110 valence electrons. The topological polar surface area (TPSA) is 56.7 Å². The second-order valence-corrected chi connectivity index (χ2v) is 5.68. The Hall–Kier alpha value is -1.98. The zero-order chi connectivity index (χ0) is 15.0. The van der Waals surface area contributed by atoms with Crippen molar-refractivity contribution in [3.05, 3.63) is 42.1 Å². The van der Waals surface area contributed by atoms with Gasteiger partial charge >= 0.3 is 0 Å². The number of carbonyl (C=O) groups excluding carboxylic acids is 1. The van der Waals surface area contributed by atoms with Gasteiger partial charge in [0.05, 0.1) is 17.7 Å². The van der Waals surface area contributed by atoms with Gasteiger partial charge in [0.2, 0.25) is 0 Å². The van der Waals surface area contributed by atoms with Gasteiger partial charge in [0.1, 0.15) is 0 Å². The Kier molecular flexibility index (Phi) is 3.61. The lowest BCUT2D eigenvalue weighted by molar-refractivity contribution is 0.0766. The predicted molar refractivity (Wildman–Crippen MR) is 81.1 cm³/mol. The fourth-order valence-corrected chi connectivity index (χ4v) is 2.90. The summed E-state index contributed by atoms with van der Waals surface area (Å²) in [4.78, 5) is 20.7. The molecule has 1 aromatic heterocycles. The summed E-state index contributed by atoms with van der Waals surface area (Å²) in [6, 6.07) is 9.29. The summed E-state index contributed by atoms with van der Waals surface area (Å²) in [5, 5.41) is 10.9. The number of likely N-dealkylation sites (tertiary alicyclic amines) is 1. The molecule has 1 N–H and O–H groups in total. The van der Waals surface area contributed by atoms with Gasteiger partial charge in [0.25, 0.3) is 5.91 Å². The number of aromatic nitrogens is 1. The van der Waals surface area contributed by atoms with E-state index in [4.69, 9.17) is 0 Å². The van der Waals surface area contributed by atoms with Gasteiger partial charge in [-0.05, 0) is 32.3 Å².